The maximum Gasteiger partial charge on any atom is 0.0781 e. The van der Waals surface area contributed by atoms with Crippen molar-refractivity contribution < 1.29 is 0 Å². The van der Waals surface area contributed by atoms with Crippen molar-refractivity contribution >= 4 is 17.1 Å². The van der Waals surface area contributed by atoms with E-state index in [1.165, 1.54) is 11.3 Å². The molecule has 3 aromatic carbocycles. The summed E-state index contributed by atoms with van der Waals surface area (Å²) in [5.74, 6) is 0. The summed E-state index contributed by atoms with van der Waals surface area (Å²) in [6.07, 6.45) is 0. The molecular formula is C24H26N2. The molecule has 0 saturated heterocycles. The number of nitrogens with zero attached hydrogens (tertiary/aromatic N) is 2. The zero-order valence-corrected chi connectivity index (χ0v) is 15.8. The monoisotopic (exact) mass is 342 g/mol. The summed E-state index contributed by atoms with van der Waals surface area (Å²) in [5.41, 5.74) is 6.73. The Morgan fingerprint density at radius 3 is 1.88 bits per heavy atom. The van der Waals surface area contributed by atoms with Crippen molar-refractivity contribution in [1.82, 2.24) is 0 Å². The van der Waals surface area contributed by atoms with Crippen molar-refractivity contribution in [2.75, 3.05) is 18.0 Å². The number of hydrogen-bond acceptors (Lipinski definition) is 2. The number of anilines is 1. The van der Waals surface area contributed by atoms with Crippen LogP contribution in [0.2, 0.25) is 0 Å². The van der Waals surface area contributed by atoms with Crippen LogP contribution in [0, 0.1) is 6.92 Å². The molecule has 2 heteroatoms. The largest absolute Gasteiger partial charge is 0.372 e. The van der Waals surface area contributed by atoms with E-state index in [4.69, 9.17) is 4.99 Å². The third-order valence-corrected chi connectivity index (χ3v) is 4.59. The summed E-state index contributed by atoms with van der Waals surface area (Å²) in [6.45, 7) is 8.49. The Hall–Kier alpha value is -2.87. The minimum absolute atomic E-state index is 0.974. The summed E-state index contributed by atoms with van der Waals surface area (Å²) >= 11 is 0. The first-order chi connectivity index (χ1) is 12.7. The van der Waals surface area contributed by atoms with Crippen molar-refractivity contribution in [1.29, 1.82) is 0 Å². The lowest BCUT2D eigenvalue weighted by molar-refractivity contribution is 0.866. The minimum atomic E-state index is 0.974. The fraction of sp³-hybridized carbons (Fsp3) is 0.208. The molecule has 3 aromatic rings. The minimum Gasteiger partial charge on any atom is -0.372 e. The molecule has 132 valence electrons. The average Bonchev–Trinajstić information content (AvgIpc) is 2.70. The molecule has 0 radical (unpaired) electrons. The highest BCUT2D eigenvalue weighted by Gasteiger charge is 2.09. The SMILES string of the molecule is CCN(CC)c1ccc(C(=Nc2ccc(C)cc2)c2ccccc2)cc1. The third kappa shape index (κ3) is 4.20. The van der Waals surface area contributed by atoms with E-state index >= 15 is 0 Å². The van der Waals surface area contributed by atoms with E-state index in [9.17, 15) is 0 Å². The highest BCUT2D eigenvalue weighted by molar-refractivity contribution is 6.14. The zero-order chi connectivity index (χ0) is 18.4. The van der Waals surface area contributed by atoms with Gasteiger partial charge in [0.15, 0.2) is 0 Å². The van der Waals surface area contributed by atoms with Crippen molar-refractivity contribution in [3.8, 4) is 0 Å². The molecule has 0 amide bonds. The Bertz CT molecular complexity index is 843. The van der Waals surface area contributed by atoms with E-state index in [0.717, 1.165) is 35.6 Å². The van der Waals surface area contributed by atoms with Crippen LogP contribution in [0.1, 0.15) is 30.5 Å². The van der Waals surface area contributed by atoms with Crippen molar-refractivity contribution in [2.45, 2.75) is 20.8 Å². The Morgan fingerprint density at radius 1 is 0.731 bits per heavy atom. The van der Waals surface area contributed by atoms with E-state index in [1.54, 1.807) is 0 Å². The van der Waals surface area contributed by atoms with Crippen LogP contribution in [-0.2, 0) is 0 Å². The summed E-state index contributed by atoms with van der Waals surface area (Å²) in [5, 5.41) is 0. The van der Waals surface area contributed by atoms with Crippen LogP contribution in [0.5, 0.6) is 0 Å². The number of hydrogen-bond donors (Lipinski definition) is 0. The van der Waals surface area contributed by atoms with Crippen molar-refractivity contribution in [3.05, 3.63) is 95.6 Å². The van der Waals surface area contributed by atoms with Crippen LogP contribution in [0.3, 0.4) is 0 Å². The first kappa shape index (κ1) is 17.9. The third-order valence-electron chi connectivity index (χ3n) is 4.59. The highest BCUT2D eigenvalue weighted by Crippen LogP contribution is 2.21. The molecule has 0 atom stereocenters. The average molecular weight is 342 g/mol. The van der Waals surface area contributed by atoms with Crippen LogP contribution in [0.25, 0.3) is 0 Å². The van der Waals surface area contributed by atoms with E-state index in [1.807, 2.05) is 6.07 Å². The first-order valence-electron chi connectivity index (χ1n) is 9.27. The molecule has 26 heavy (non-hydrogen) atoms. The first-order valence-corrected chi connectivity index (χ1v) is 9.27. The molecular weight excluding hydrogens is 316 g/mol. The Balaban J connectivity index is 2.02. The van der Waals surface area contributed by atoms with Gasteiger partial charge in [-0.05, 0) is 45.0 Å². The molecule has 0 aliphatic carbocycles. The molecule has 2 nitrogen and oxygen atoms in total. The van der Waals surface area contributed by atoms with Gasteiger partial charge in [-0.3, -0.25) is 0 Å². The quantitative estimate of drug-likeness (QED) is 0.501. The molecule has 0 saturated carbocycles. The van der Waals surface area contributed by atoms with Gasteiger partial charge in [0.05, 0.1) is 11.4 Å². The van der Waals surface area contributed by atoms with Crippen LogP contribution < -0.4 is 4.90 Å². The van der Waals surface area contributed by atoms with Gasteiger partial charge in [0.2, 0.25) is 0 Å². The molecule has 0 N–H and O–H groups in total. The van der Waals surface area contributed by atoms with Crippen molar-refractivity contribution in [3.63, 3.8) is 0 Å². The molecule has 0 aromatic heterocycles. The van der Waals surface area contributed by atoms with E-state index in [2.05, 4.69) is 98.5 Å². The van der Waals surface area contributed by atoms with Gasteiger partial charge >= 0.3 is 0 Å². The molecule has 0 heterocycles. The molecule has 0 unspecified atom stereocenters. The number of aryl methyl sites for hydroxylation is 1. The standard InChI is InChI=1S/C24H26N2/c1-4-26(5-2)23-17-13-21(14-18-23)24(20-9-7-6-8-10-20)25-22-15-11-19(3)12-16-22/h6-18H,4-5H2,1-3H3. The van der Waals surface area contributed by atoms with Gasteiger partial charge in [-0.2, -0.15) is 0 Å². The number of aliphatic imine (C=N–C) groups is 1. The lowest BCUT2D eigenvalue weighted by Crippen LogP contribution is -2.21. The second-order valence-electron chi connectivity index (χ2n) is 6.38. The molecule has 0 spiro atoms. The number of benzene rings is 3. The zero-order valence-electron chi connectivity index (χ0n) is 15.8. The van der Waals surface area contributed by atoms with Crippen LogP contribution in [0.4, 0.5) is 11.4 Å². The van der Waals surface area contributed by atoms with E-state index in [-0.39, 0.29) is 0 Å². The maximum atomic E-state index is 4.96. The lowest BCUT2D eigenvalue weighted by atomic mass is 10.0. The smallest absolute Gasteiger partial charge is 0.0781 e. The molecule has 0 aliphatic heterocycles. The van der Waals surface area contributed by atoms with E-state index < -0.39 is 0 Å². The topological polar surface area (TPSA) is 15.6 Å². The van der Waals surface area contributed by atoms with Crippen LogP contribution in [0.15, 0.2) is 83.9 Å². The second kappa shape index (κ2) is 8.48. The van der Waals surface area contributed by atoms with Crippen LogP contribution >= 0.6 is 0 Å². The van der Waals surface area contributed by atoms with Gasteiger partial charge in [-0.25, -0.2) is 4.99 Å². The fourth-order valence-electron chi connectivity index (χ4n) is 3.06. The lowest BCUT2D eigenvalue weighted by Gasteiger charge is -2.21. The Kier molecular flexibility index (Phi) is 5.85. The van der Waals surface area contributed by atoms with Crippen LogP contribution in [-0.4, -0.2) is 18.8 Å². The van der Waals surface area contributed by atoms with Gasteiger partial charge < -0.3 is 4.90 Å². The molecule has 0 fully saturated rings. The molecule has 3 rings (SSSR count). The van der Waals surface area contributed by atoms with Crippen molar-refractivity contribution in [2.24, 2.45) is 4.99 Å². The van der Waals surface area contributed by atoms with Gasteiger partial charge in [-0.1, -0.05) is 60.2 Å². The van der Waals surface area contributed by atoms with Gasteiger partial charge in [-0.15, -0.1) is 0 Å². The predicted octanol–water partition coefficient (Wildman–Crippen LogP) is 6.01. The normalized spacial score (nSPS) is 11.4. The molecule has 0 bridgehead atoms. The second-order valence-corrected chi connectivity index (χ2v) is 6.38. The fourth-order valence-corrected chi connectivity index (χ4v) is 3.06. The summed E-state index contributed by atoms with van der Waals surface area (Å²) in [4.78, 5) is 7.31. The number of rotatable bonds is 6. The van der Waals surface area contributed by atoms with Gasteiger partial charge in [0.1, 0.15) is 0 Å². The van der Waals surface area contributed by atoms with E-state index in [0.29, 0.717) is 0 Å². The maximum absolute atomic E-state index is 4.96. The van der Waals surface area contributed by atoms with Gasteiger partial charge in [0, 0.05) is 29.9 Å². The Morgan fingerprint density at radius 2 is 1.31 bits per heavy atom. The molecule has 0 aliphatic rings. The van der Waals surface area contributed by atoms with Gasteiger partial charge in [0.25, 0.3) is 0 Å². The summed E-state index contributed by atoms with van der Waals surface area (Å²) in [6, 6.07) is 27.5. The summed E-state index contributed by atoms with van der Waals surface area (Å²) in [7, 11) is 0. The summed E-state index contributed by atoms with van der Waals surface area (Å²) < 4.78 is 0. The predicted molar refractivity (Wildman–Crippen MR) is 113 cm³/mol. The Labute approximate surface area is 156 Å². The highest BCUT2D eigenvalue weighted by atomic mass is 15.1.